The lowest BCUT2D eigenvalue weighted by atomic mass is 9.82. The number of hydrogen-bond acceptors (Lipinski definition) is 3. The highest BCUT2D eigenvalue weighted by molar-refractivity contribution is 5.73. The molecule has 0 atom stereocenters. The summed E-state index contributed by atoms with van der Waals surface area (Å²) >= 11 is 0. The molecule has 0 aromatic rings. The molecule has 3 N–H and O–H groups in total. The zero-order valence-corrected chi connectivity index (χ0v) is 12.5. The fourth-order valence-corrected chi connectivity index (χ4v) is 2.57. The van der Waals surface area contributed by atoms with Crippen molar-refractivity contribution in [3.05, 3.63) is 0 Å². The van der Waals surface area contributed by atoms with Crippen molar-refractivity contribution in [3.63, 3.8) is 0 Å². The molecule has 6 nitrogen and oxygen atoms in total. The lowest BCUT2D eigenvalue weighted by Crippen LogP contribution is -2.41. The van der Waals surface area contributed by atoms with Crippen LogP contribution in [0.3, 0.4) is 0 Å². The van der Waals surface area contributed by atoms with Crippen LogP contribution in [0.5, 0.6) is 0 Å². The highest BCUT2D eigenvalue weighted by Crippen LogP contribution is 2.28. The van der Waals surface area contributed by atoms with Gasteiger partial charge in [-0.15, -0.1) is 0 Å². The van der Waals surface area contributed by atoms with Crippen molar-refractivity contribution in [1.82, 2.24) is 15.5 Å². The summed E-state index contributed by atoms with van der Waals surface area (Å²) in [5.74, 6) is -0.455. The molecule has 20 heavy (non-hydrogen) atoms. The maximum Gasteiger partial charge on any atom is 0.317 e. The van der Waals surface area contributed by atoms with E-state index in [2.05, 4.69) is 10.6 Å². The minimum Gasteiger partial charge on any atom is -0.481 e. The number of carbonyl (C=O) groups is 2. The Bertz CT molecular complexity index is 315. The van der Waals surface area contributed by atoms with E-state index in [0.717, 1.165) is 45.2 Å². The van der Waals surface area contributed by atoms with Gasteiger partial charge in [-0.2, -0.15) is 0 Å². The molecule has 0 aromatic carbocycles. The van der Waals surface area contributed by atoms with Crippen LogP contribution >= 0.6 is 0 Å². The topological polar surface area (TPSA) is 81.7 Å². The van der Waals surface area contributed by atoms with Crippen LogP contribution in [0, 0.1) is 11.8 Å². The van der Waals surface area contributed by atoms with Gasteiger partial charge in [-0.1, -0.05) is 0 Å². The second kappa shape index (κ2) is 8.79. The Morgan fingerprint density at radius 2 is 1.90 bits per heavy atom. The highest BCUT2D eigenvalue weighted by atomic mass is 16.4. The monoisotopic (exact) mass is 285 g/mol. The maximum atomic E-state index is 11.9. The van der Waals surface area contributed by atoms with Crippen molar-refractivity contribution in [2.45, 2.75) is 32.1 Å². The molecule has 0 aliphatic heterocycles. The van der Waals surface area contributed by atoms with Gasteiger partial charge in [0.15, 0.2) is 0 Å². The molecular weight excluding hydrogens is 258 g/mol. The van der Waals surface area contributed by atoms with E-state index in [1.165, 1.54) is 0 Å². The van der Waals surface area contributed by atoms with Crippen molar-refractivity contribution < 1.29 is 14.7 Å². The third kappa shape index (κ3) is 5.77. The van der Waals surface area contributed by atoms with Crippen LogP contribution in [0.1, 0.15) is 32.1 Å². The van der Waals surface area contributed by atoms with E-state index in [9.17, 15) is 9.59 Å². The lowest BCUT2D eigenvalue weighted by molar-refractivity contribution is -0.143. The largest absolute Gasteiger partial charge is 0.481 e. The molecule has 6 heteroatoms. The highest BCUT2D eigenvalue weighted by Gasteiger charge is 2.26. The number of carboxylic acids is 1. The minimum absolute atomic E-state index is 0.0403. The summed E-state index contributed by atoms with van der Waals surface area (Å²) in [5, 5.41) is 14.9. The Kier molecular flexibility index (Phi) is 7.36. The number of carbonyl (C=O) groups excluding carboxylic acids is 1. The first kappa shape index (κ1) is 16.8. The van der Waals surface area contributed by atoms with Gasteiger partial charge in [-0.25, -0.2) is 4.79 Å². The summed E-state index contributed by atoms with van der Waals surface area (Å²) in [7, 11) is 3.69. The summed E-state index contributed by atoms with van der Waals surface area (Å²) in [4.78, 5) is 24.4. The molecule has 0 saturated heterocycles. The smallest absolute Gasteiger partial charge is 0.317 e. The van der Waals surface area contributed by atoms with Crippen molar-refractivity contribution >= 4 is 12.0 Å². The van der Waals surface area contributed by atoms with E-state index < -0.39 is 5.97 Å². The Hall–Kier alpha value is -1.30. The van der Waals surface area contributed by atoms with Gasteiger partial charge in [0.1, 0.15) is 0 Å². The maximum absolute atomic E-state index is 11.9. The van der Waals surface area contributed by atoms with Gasteiger partial charge in [0.2, 0.25) is 0 Å². The Morgan fingerprint density at radius 3 is 2.45 bits per heavy atom. The first-order valence-electron chi connectivity index (χ1n) is 7.41. The van der Waals surface area contributed by atoms with Gasteiger partial charge in [0.25, 0.3) is 0 Å². The number of carboxylic acid groups (broad SMARTS) is 1. The number of rotatable bonds is 7. The Labute approximate surface area is 120 Å². The fourth-order valence-electron chi connectivity index (χ4n) is 2.57. The van der Waals surface area contributed by atoms with Crippen LogP contribution in [0.4, 0.5) is 4.79 Å². The summed E-state index contributed by atoms with van der Waals surface area (Å²) in [6.07, 6.45) is 4.17. The van der Waals surface area contributed by atoms with E-state index in [0.29, 0.717) is 12.5 Å². The predicted molar refractivity (Wildman–Crippen MR) is 77.7 cm³/mol. The van der Waals surface area contributed by atoms with Crippen LogP contribution in [0.2, 0.25) is 0 Å². The van der Waals surface area contributed by atoms with Crippen molar-refractivity contribution in [2.24, 2.45) is 11.8 Å². The van der Waals surface area contributed by atoms with Crippen LogP contribution < -0.4 is 10.6 Å². The van der Waals surface area contributed by atoms with Gasteiger partial charge in [-0.05, 0) is 51.6 Å². The molecule has 0 bridgehead atoms. The van der Waals surface area contributed by atoms with Crippen molar-refractivity contribution in [3.8, 4) is 0 Å². The molecule has 0 heterocycles. The van der Waals surface area contributed by atoms with Gasteiger partial charge in [0.05, 0.1) is 5.92 Å². The Morgan fingerprint density at radius 1 is 1.25 bits per heavy atom. The van der Waals surface area contributed by atoms with Crippen LogP contribution in [-0.2, 0) is 4.79 Å². The zero-order valence-electron chi connectivity index (χ0n) is 12.5. The van der Waals surface area contributed by atoms with Crippen molar-refractivity contribution in [2.75, 3.05) is 33.7 Å². The minimum atomic E-state index is -0.684. The first-order chi connectivity index (χ1) is 9.54. The standard InChI is InChI=1S/C14H27N3O3/c1-15-8-3-9-17(2)14(20)16-10-11-4-6-12(7-5-11)13(18)19/h11-12,15H,3-10H2,1-2H3,(H,16,20)(H,18,19). The van der Waals surface area contributed by atoms with E-state index >= 15 is 0 Å². The molecule has 0 unspecified atom stereocenters. The first-order valence-corrected chi connectivity index (χ1v) is 7.41. The molecule has 0 aromatic heterocycles. The number of nitrogens with zero attached hydrogens (tertiary/aromatic N) is 1. The average Bonchev–Trinajstić information content (AvgIpc) is 2.45. The van der Waals surface area contributed by atoms with Gasteiger partial charge >= 0.3 is 12.0 Å². The van der Waals surface area contributed by atoms with Gasteiger partial charge in [0, 0.05) is 20.1 Å². The fraction of sp³-hybridized carbons (Fsp3) is 0.857. The summed E-state index contributed by atoms with van der Waals surface area (Å²) in [5.41, 5.74) is 0. The number of aliphatic carboxylic acids is 1. The van der Waals surface area contributed by atoms with Crippen molar-refractivity contribution in [1.29, 1.82) is 0 Å². The number of nitrogens with one attached hydrogen (secondary N) is 2. The summed E-state index contributed by atoms with van der Waals surface area (Å²) in [6.45, 7) is 2.29. The van der Waals surface area contributed by atoms with E-state index in [-0.39, 0.29) is 11.9 Å². The molecule has 116 valence electrons. The zero-order chi connectivity index (χ0) is 15.0. The van der Waals surface area contributed by atoms with Gasteiger partial charge < -0.3 is 20.6 Å². The quantitative estimate of drug-likeness (QED) is 0.612. The molecule has 1 aliphatic carbocycles. The molecular formula is C14H27N3O3. The molecule has 1 fully saturated rings. The summed E-state index contributed by atoms with van der Waals surface area (Å²) < 4.78 is 0. The molecule has 0 radical (unpaired) electrons. The molecule has 1 aliphatic rings. The van der Waals surface area contributed by atoms with Crippen LogP contribution in [0.25, 0.3) is 0 Å². The Balaban J connectivity index is 2.17. The second-order valence-electron chi connectivity index (χ2n) is 5.62. The average molecular weight is 285 g/mol. The number of hydrogen-bond donors (Lipinski definition) is 3. The number of urea groups is 1. The van der Waals surface area contributed by atoms with Gasteiger partial charge in [-0.3, -0.25) is 4.79 Å². The number of amides is 2. The van der Waals surface area contributed by atoms with E-state index in [1.54, 1.807) is 11.9 Å². The van der Waals surface area contributed by atoms with Crippen LogP contribution in [0.15, 0.2) is 0 Å². The third-order valence-electron chi connectivity index (χ3n) is 4.00. The normalized spacial score (nSPS) is 22.3. The van der Waals surface area contributed by atoms with E-state index in [4.69, 9.17) is 5.11 Å². The second-order valence-corrected chi connectivity index (χ2v) is 5.62. The third-order valence-corrected chi connectivity index (χ3v) is 4.00. The SMILES string of the molecule is CNCCCN(C)C(=O)NCC1CCC(C(=O)O)CC1. The van der Waals surface area contributed by atoms with Crippen LogP contribution in [-0.4, -0.2) is 55.7 Å². The lowest BCUT2D eigenvalue weighted by Gasteiger charge is -2.27. The molecule has 0 spiro atoms. The van der Waals surface area contributed by atoms with E-state index in [1.807, 2.05) is 7.05 Å². The predicted octanol–water partition coefficient (Wildman–Crippen LogP) is 1.13. The molecule has 2 amide bonds. The molecule has 1 saturated carbocycles. The molecule has 1 rings (SSSR count). The summed E-state index contributed by atoms with van der Waals surface area (Å²) in [6, 6.07) is -0.0403.